The van der Waals surface area contributed by atoms with Crippen LogP contribution in [0.2, 0.25) is 5.02 Å². The van der Waals surface area contributed by atoms with E-state index in [1.807, 2.05) is 38.1 Å². The molecule has 0 aliphatic heterocycles. The largest absolute Gasteiger partial charge is 0.493 e. The normalized spacial score (nSPS) is 11.6. The second-order valence-electron chi connectivity index (χ2n) is 7.08. The molecule has 2 aromatic carbocycles. The van der Waals surface area contributed by atoms with E-state index >= 15 is 0 Å². The molecule has 1 atom stereocenters. The van der Waals surface area contributed by atoms with Crippen LogP contribution in [-0.4, -0.2) is 38.0 Å². The van der Waals surface area contributed by atoms with Gasteiger partial charge in [0.25, 0.3) is 0 Å². The van der Waals surface area contributed by atoms with E-state index in [1.165, 1.54) is 0 Å². The molecule has 0 aliphatic rings. The maximum absolute atomic E-state index is 12.2. The van der Waals surface area contributed by atoms with E-state index in [0.29, 0.717) is 54.7 Å². The first-order chi connectivity index (χ1) is 14.9. The predicted molar refractivity (Wildman–Crippen MR) is 119 cm³/mol. The number of benzene rings is 2. The fraction of sp³-hybridized carbons (Fsp3) is 0.417. The van der Waals surface area contributed by atoms with Gasteiger partial charge < -0.3 is 18.9 Å². The molecule has 0 spiro atoms. The van der Waals surface area contributed by atoms with Crippen molar-refractivity contribution in [3.05, 3.63) is 58.6 Å². The van der Waals surface area contributed by atoms with E-state index in [1.54, 1.807) is 25.1 Å². The average molecular weight is 446 g/mol. The summed E-state index contributed by atoms with van der Waals surface area (Å²) in [6.45, 7) is 6.71. The quantitative estimate of drug-likeness (QED) is 0.339. The highest BCUT2D eigenvalue weighted by Crippen LogP contribution is 2.22. The summed E-state index contributed by atoms with van der Waals surface area (Å²) in [5.74, 6) is 0.844. The van der Waals surface area contributed by atoms with Gasteiger partial charge in [-0.1, -0.05) is 23.7 Å². The third kappa shape index (κ3) is 8.49. The Morgan fingerprint density at radius 3 is 2.61 bits per heavy atom. The Morgan fingerprint density at radius 1 is 1.13 bits per heavy atom. The molecule has 0 saturated heterocycles. The zero-order valence-corrected chi connectivity index (χ0v) is 18.9. The number of ether oxygens (including phenoxy) is 4. The Labute approximate surface area is 188 Å². The highest BCUT2D eigenvalue weighted by atomic mass is 35.5. The fourth-order valence-corrected chi connectivity index (χ4v) is 3.05. The summed E-state index contributed by atoms with van der Waals surface area (Å²) in [6.07, 6.45) is 0.304. The van der Waals surface area contributed by atoms with Gasteiger partial charge in [0.2, 0.25) is 0 Å². The molecule has 0 aliphatic carbocycles. The van der Waals surface area contributed by atoms with Crippen LogP contribution in [0.3, 0.4) is 0 Å². The van der Waals surface area contributed by atoms with E-state index in [-0.39, 0.29) is 12.1 Å². The lowest BCUT2D eigenvalue weighted by atomic mass is 10.1. The summed E-state index contributed by atoms with van der Waals surface area (Å²) in [5.41, 5.74) is 1.33. The molecular formula is C24H28ClNO5. The van der Waals surface area contributed by atoms with Gasteiger partial charge in [0, 0.05) is 17.9 Å². The summed E-state index contributed by atoms with van der Waals surface area (Å²) in [7, 11) is 0. The van der Waals surface area contributed by atoms with Crippen molar-refractivity contribution in [2.75, 3.05) is 19.8 Å². The standard InChI is InChI=1S/C24H28ClNO5/c1-4-28-24(27)23(31-17(2)3)14-18-7-5-8-21(13-18)29-11-6-12-30-22-10-9-20(25)15-19(22)16-26/h5,7-10,13,15,17,23H,4,6,11-12,14H2,1-3H3. The molecule has 0 N–H and O–H groups in total. The molecule has 2 rings (SSSR count). The molecule has 7 heteroatoms. The Balaban J connectivity index is 1.85. The van der Waals surface area contributed by atoms with Gasteiger partial charge in [0.1, 0.15) is 17.6 Å². The third-order valence-corrected chi connectivity index (χ3v) is 4.42. The number of nitriles is 1. The van der Waals surface area contributed by atoms with Crippen molar-refractivity contribution in [3.63, 3.8) is 0 Å². The van der Waals surface area contributed by atoms with Crippen molar-refractivity contribution in [2.24, 2.45) is 0 Å². The second kappa shape index (κ2) is 12.8. The molecule has 0 fully saturated rings. The van der Waals surface area contributed by atoms with E-state index in [4.69, 9.17) is 35.8 Å². The fourth-order valence-electron chi connectivity index (χ4n) is 2.87. The van der Waals surface area contributed by atoms with E-state index in [0.717, 1.165) is 5.56 Å². The molecule has 0 bridgehead atoms. The topological polar surface area (TPSA) is 77.8 Å². The van der Waals surface area contributed by atoms with Gasteiger partial charge in [-0.3, -0.25) is 0 Å². The van der Waals surface area contributed by atoms with Crippen LogP contribution in [-0.2, 0) is 20.7 Å². The number of esters is 1. The molecule has 31 heavy (non-hydrogen) atoms. The zero-order valence-electron chi connectivity index (χ0n) is 18.1. The number of nitrogens with zero attached hydrogens (tertiary/aromatic N) is 1. The zero-order chi connectivity index (χ0) is 22.6. The van der Waals surface area contributed by atoms with Gasteiger partial charge in [-0.05, 0) is 56.7 Å². The molecule has 1 unspecified atom stereocenters. The van der Waals surface area contributed by atoms with Crippen LogP contribution in [0, 0.1) is 11.3 Å². The Kier molecular flexibility index (Phi) is 10.2. The number of rotatable bonds is 12. The molecule has 2 aromatic rings. The van der Waals surface area contributed by atoms with Crippen molar-refractivity contribution in [1.82, 2.24) is 0 Å². The molecule has 0 heterocycles. The second-order valence-corrected chi connectivity index (χ2v) is 7.52. The lowest BCUT2D eigenvalue weighted by Crippen LogP contribution is -2.31. The van der Waals surface area contributed by atoms with Gasteiger partial charge in [0.05, 0.1) is 31.5 Å². The number of halogens is 1. The van der Waals surface area contributed by atoms with Crippen molar-refractivity contribution < 1.29 is 23.7 Å². The van der Waals surface area contributed by atoms with Gasteiger partial charge in [-0.25, -0.2) is 4.79 Å². The van der Waals surface area contributed by atoms with Crippen LogP contribution >= 0.6 is 11.6 Å². The molecule has 166 valence electrons. The van der Waals surface area contributed by atoms with Gasteiger partial charge in [-0.2, -0.15) is 5.26 Å². The first-order valence-corrected chi connectivity index (χ1v) is 10.7. The smallest absolute Gasteiger partial charge is 0.335 e. The minimum absolute atomic E-state index is 0.0870. The van der Waals surface area contributed by atoms with Crippen molar-refractivity contribution in [1.29, 1.82) is 5.26 Å². The summed E-state index contributed by atoms with van der Waals surface area (Å²) in [4.78, 5) is 12.2. The van der Waals surface area contributed by atoms with E-state index < -0.39 is 6.10 Å². The van der Waals surface area contributed by atoms with Crippen molar-refractivity contribution in [3.8, 4) is 17.6 Å². The highest BCUT2D eigenvalue weighted by Gasteiger charge is 2.22. The summed E-state index contributed by atoms with van der Waals surface area (Å²) < 4.78 is 22.3. The Hall–Kier alpha value is -2.75. The number of hydrogen-bond donors (Lipinski definition) is 0. The minimum Gasteiger partial charge on any atom is -0.493 e. The van der Waals surface area contributed by atoms with Gasteiger partial charge in [-0.15, -0.1) is 0 Å². The summed E-state index contributed by atoms with van der Waals surface area (Å²) in [5, 5.41) is 9.64. The molecular weight excluding hydrogens is 418 g/mol. The molecule has 0 amide bonds. The lowest BCUT2D eigenvalue weighted by Gasteiger charge is -2.19. The number of hydrogen-bond acceptors (Lipinski definition) is 6. The molecule has 0 aromatic heterocycles. The highest BCUT2D eigenvalue weighted by molar-refractivity contribution is 6.30. The average Bonchev–Trinajstić information content (AvgIpc) is 2.74. The first kappa shape index (κ1) is 24.5. The Bertz CT molecular complexity index is 894. The van der Waals surface area contributed by atoms with Crippen LogP contribution in [0.15, 0.2) is 42.5 Å². The third-order valence-electron chi connectivity index (χ3n) is 4.18. The van der Waals surface area contributed by atoms with Crippen molar-refractivity contribution in [2.45, 2.75) is 45.8 Å². The molecule has 0 saturated carbocycles. The predicted octanol–water partition coefficient (Wildman–Crippen LogP) is 4.96. The van der Waals surface area contributed by atoms with Crippen LogP contribution in [0.5, 0.6) is 11.5 Å². The summed E-state index contributed by atoms with van der Waals surface area (Å²) >= 11 is 5.89. The first-order valence-electron chi connectivity index (χ1n) is 10.3. The van der Waals surface area contributed by atoms with Gasteiger partial charge in [0.15, 0.2) is 6.10 Å². The van der Waals surface area contributed by atoms with Crippen LogP contribution in [0.25, 0.3) is 0 Å². The minimum atomic E-state index is -0.655. The van der Waals surface area contributed by atoms with E-state index in [2.05, 4.69) is 6.07 Å². The Morgan fingerprint density at radius 2 is 1.90 bits per heavy atom. The van der Waals surface area contributed by atoms with Crippen LogP contribution in [0.1, 0.15) is 38.3 Å². The number of carbonyl (C=O) groups is 1. The lowest BCUT2D eigenvalue weighted by molar-refractivity contribution is -0.159. The summed E-state index contributed by atoms with van der Waals surface area (Å²) in [6, 6.07) is 14.6. The van der Waals surface area contributed by atoms with E-state index in [9.17, 15) is 4.79 Å². The maximum Gasteiger partial charge on any atom is 0.335 e. The monoisotopic (exact) mass is 445 g/mol. The SMILES string of the molecule is CCOC(=O)C(Cc1cccc(OCCCOc2ccc(Cl)cc2C#N)c1)OC(C)C. The van der Waals surface area contributed by atoms with Gasteiger partial charge >= 0.3 is 5.97 Å². The van der Waals surface area contributed by atoms with Crippen LogP contribution < -0.4 is 9.47 Å². The molecule has 6 nitrogen and oxygen atoms in total. The van der Waals surface area contributed by atoms with Crippen LogP contribution in [0.4, 0.5) is 0 Å². The molecule has 0 radical (unpaired) electrons. The maximum atomic E-state index is 12.2. The number of carbonyl (C=O) groups excluding carboxylic acids is 1. The van der Waals surface area contributed by atoms with Crippen molar-refractivity contribution >= 4 is 17.6 Å².